The lowest BCUT2D eigenvalue weighted by atomic mass is 9.87. The third-order valence-electron chi connectivity index (χ3n) is 4.80. The summed E-state index contributed by atoms with van der Waals surface area (Å²) in [4.78, 5) is 11.6. The number of halogens is 1. The van der Waals surface area contributed by atoms with Crippen molar-refractivity contribution in [2.45, 2.75) is 51.8 Å². The summed E-state index contributed by atoms with van der Waals surface area (Å²) in [5.74, 6) is 2.40. The van der Waals surface area contributed by atoms with Crippen molar-refractivity contribution in [2.75, 3.05) is 27.9 Å². The van der Waals surface area contributed by atoms with Gasteiger partial charge in [-0.1, -0.05) is 13.0 Å². The van der Waals surface area contributed by atoms with Crippen molar-refractivity contribution in [2.24, 2.45) is 0 Å². The van der Waals surface area contributed by atoms with Crippen LogP contribution >= 0.6 is 0 Å². The maximum absolute atomic E-state index is 13.3. The summed E-state index contributed by atoms with van der Waals surface area (Å²) in [6, 6.07) is 3.94. The van der Waals surface area contributed by atoms with Crippen molar-refractivity contribution in [3.05, 3.63) is 34.6 Å². The summed E-state index contributed by atoms with van der Waals surface area (Å²) >= 11 is 0. The maximum atomic E-state index is 13.3. The van der Waals surface area contributed by atoms with Crippen LogP contribution in [0.25, 0.3) is 0 Å². The second-order valence-corrected chi connectivity index (χ2v) is 6.66. The standard InChI is InChI=1S/C21H30FNO5/c1-5-7-19(22)28-21(24)23-11-6-8-15-12-16-14(13-18(15)26-3)9-10-17(25-2)20(16)27-4/h9-10,19H,5-8,11-13H2,1-4H3,(H,23,24). The smallest absolute Gasteiger partial charge is 0.409 e. The van der Waals surface area contributed by atoms with Gasteiger partial charge in [0.2, 0.25) is 6.36 Å². The van der Waals surface area contributed by atoms with Crippen molar-refractivity contribution in [3.8, 4) is 11.5 Å². The summed E-state index contributed by atoms with van der Waals surface area (Å²) in [7, 11) is 4.93. The Morgan fingerprint density at radius 3 is 2.61 bits per heavy atom. The molecule has 1 aliphatic rings. The molecular weight excluding hydrogens is 365 g/mol. The van der Waals surface area contributed by atoms with Crippen LogP contribution in [0.15, 0.2) is 23.5 Å². The largest absolute Gasteiger partial charge is 0.501 e. The molecule has 0 aliphatic heterocycles. The Labute approximate surface area is 166 Å². The van der Waals surface area contributed by atoms with Gasteiger partial charge in [-0.25, -0.2) is 9.18 Å². The number of amides is 1. The van der Waals surface area contributed by atoms with Gasteiger partial charge >= 0.3 is 6.09 Å². The monoisotopic (exact) mass is 395 g/mol. The Kier molecular flexibility index (Phi) is 8.42. The van der Waals surface area contributed by atoms with Crippen molar-refractivity contribution in [1.82, 2.24) is 5.32 Å². The number of rotatable bonds is 10. The second kappa shape index (κ2) is 10.8. The van der Waals surface area contributed by atoms with Crippen LogP contribution in [0.4, 0.5) is 9.18 Å². The first-order chi connectivity index (χ1) is 13.5. The number of ether oxygens (including phenoxy) is 4. The molecule has 0 heterocycles. The Hall–Kier alpha value is -2.44. The van der Waals surface area contributed by atoms with E-state index in [9.17, 15) is 9.18 Å². The van der Waals surface area contributed by atoms with E-state index in [4.69, 9.17) is 14.2 Å². The number of methoxy groups -OCH3 is 3. The number of carbonyl (C=O) groups excluding carboxylic acids is 1. The summed E-state index contributed by atoms with van der Waals surface area (Å²) < 4.78 is 34.5. The molecule has 0 bridgehead atoms. The lowest BCUT2D eigenvalue weighted by molar-refractivity contribution is 0.00826. The highest BCUT2D eigenvalue weighted by Gasteiger charge is 2.24. The number of nitrogens with one attached hydrogen (secondary N) is 1. The first kappa shape index (κ1) is 21.9. The van der Waals surface area contributed by atoms with Gasteiger partial charge < -0.3 is 24.3 Å². The summed E-state index contributed by atoms with van der Waals surface area (Å²) in [5, 5.41) is 2.60. The van der Waals surface area contributed by atoms with Gasteiger partial charge in [-0.15, -0.1) is 0 Å². The highest BCUT2D eigenvalue weighted by atomic mass is 19.1. The van der Waals surface area contributed by atoms with Crippen LogP contribution in [0.3, 0.4) is 0 Å². The van der Waals surface area contributed by atoms with Gasteiger partial charge in [-0.05, 0) is 36.5 Å². The topological polar surface area (TPSA) is 66.0 Å². The van der Waals surface area contributed by atoms with Crippen molar-refractivity contribution < 1.29 is 28.1 Å². The first-order valence-corrected chi connectivity index (χ1v) is 9.60. The van der Waals surface area contributed by atoms with Crippen LogP contribution in [0.5, 0.6) is 11.5 Å². The van der Waals surface area contributed by atoms with E-state index in [1.807, 2.05) is 19.1 Å². The molecule has 0 fully saturated rings. The normalized spacial score (nSPS) is 14.2. The molecule has 1 N–H and O–H groups in total. The maximum Gasteiger partial charge on any atom is 0.409 e. The minimum Gasteiger partial charge on any atom is -0.501 e. The van der Waals surface area contributed by atoms with Gasteiger partial charge in [0.05, 0.1) is 27.1 Å². The zero-order valence-corrected chi connectivity index (χ0v) is 17.1. The predicted molar refractivity (Wildman–Crippen MR) is 105 cm³/mol. The third kappa shape index (κ3) is 5.53. The number of alkyl carbamates (subject to hydrolysis) is 1. The number of benzene rings is 1. The molecule has 28 heavy (non-hydrogen) atoms. The van der Waals surface area contributed by atoms with Crippen LogP contribution in [-0.4, -0.2) is 40.3 Å². The molecule has 0 saturated carbocycles. The van der Waals surface area contributed by atoms with Crippen molar-refractivity contribution in [1.29, 1.82) is 0 Å². The number of alkyl halides is 1. The lowest BCUT2D eigenvalue weighted by Crippen LogP contribution is -2.28. The predicted octanol–water partition coefficient (Wildman–Crippen LogP) is 4.31. The van der Waals surface area contributed by atoms with E-state index in [1.165, 1.54) is 0 Å². The highest BCUT2D eigenvalue weighted by molar-refractivity contribution is 5.67. The molecular formula is C21H30FNO5. The second-order valence-electron chi connectivity index (χ2n) is 6.66. The van der Waals surface area contributed by atoms with Crippen molar-refractivity contribution in [3.63, 3.8) is 0 Å². The molecule has 1 aromatic carbocycles. The number of allylic oxidation sites excluding steroid dienone is 2. The summed E-state index contributed by atoms with van der Waals surface area (Å²) in [6.45, 7) is 2.24. The molecule has 0 aromatic heterocycles. The zero-order valence-electron chi connectivity index (χ0n) is 17.1. The van der Waals surface area contributed by atoms with Crippen LogP contribution in [0, 0.1) is 0 Å². The van der Waals surface area contributed by atoms with E-state index in [0.717, 1.165) is 34.6 Å². The quantitative estimate of drug-likeness (QED) is 0.598. The van der Waals surface area contributed by atoms with E-state index >= 15 is 0 Å². The fourth-order valence-corrected chi connectivity index (χ4v) is 3.38. The van der Waals surface area contributed by atoms with E-state index in [0.29, 0.717) is 38.0 Å². The third-order valence-corrected chi connectivity index (χ3v) is 4.80. The average Bonchev–Trinajstić information content (AvgIpc) is 2.69. The van der Waals surface area contributed by atoms with Crippen molar-refractivity contribution >= 4 is 6.09 Å². The average molecular weight is 395 g/mol. The summed E-state index contributed by atoms with van der Waals surface area (Å²) in [6.07, 6.45) is 1.40. The number of carbonyl (C=O) groups is 1. The molecule has 1 aliphatic carbocycles. The van der Waals surface area contributed by atoms with Gasteiger partial charge in [0.15, 0.2) is 11.5 Å². The Morgan fingerprint density at radius 2 is 1.96 bits per heavy atom. The molecule has 6 nitrogen and oxygen atoms in total. The first-order valence-electron chi connectivity index (χ1n) is 9.60. The van der Waals surface area contributed by atoms with E-state index in [1.54, 1.807) is 21.3 Å². The van der Waals surface area contributed by atoms with Crippen LogP contribution in [-0.2, 0) is 22.3 Å². The molecule has 1 atom stereocenters. The number of hydrogen-bond donors (Lipinski definition) is 1. The van der Waals surface area contributed by atoms with Crippen LogP contribution in [0.1, 0.15) is 43.7 Å². The Morgan fingerprint density at radius 1 is 1.18 bits per heavy atom. The highest BCUT2D eigenvalue weighted by Crippen LogP contribution is 2.39. The minimum atomic E-state index is -1.55. The molecule has 156 valence electrons. The number of fused-ring (bicyclic) bond motifs is 1. The summed E-state index contributed by atoms with van der Waals surface area (Å²) in [5.41, 5.74) is 3.42. The van der Waals surface area contributed by atoms with Gasteiger partial charge in [0, 0.05) is 31.4 Å². The molecule has 2 rings (SSSR count). The molecule has 1 aromatic rings. The van der Waals surface area contributed by atoms with Crippen LogP contribution in [0.2, 0.25) is 0 Å². The minimum absolute atomic E-state index is 0.211. The fourth-order valence-electron chi connectivity index (χ4n) is 3.38. The van der Waals surface area contributed by atoms with E-state index in [2.05, 4.69) is 10.1 Å². The fraction of sp³-hybridized carbons (Fsp3) is 0.571. The molecule has 7 heteroatoms. The Balaban J connectivity index is 1.95. The van der Waals surface area contributed by atoms with Crippen LogP contribution < -0.4 is 14.8 Å². The van der Waals surface area contributed by atoms with E-state index in [-0.39, 0.29) is 6.42 Å². The molecule has 0 saturated heterocycles. The number of hydrogen-bond acceptors (Lipinski definition) is 5. The molecule has 0 radical (unpaired) electrons. The van der Waals surface area contributed by atoms with Gasteiger partial charge in [0.1, 0.15) is 0 Å². The molecule has 1 amide bonds. The van der Waals surface area contributed by atoms with Gasteiger partial charge in [0.25, 0.3) is 0 Å². The Bertz CT molecular complexity index is 704. The zero-order chi connectivity index (χ0) is 20.5. The van der Waals surface area contributed by atoms with Gasteiger partial charge in [-0.3, -0.25) is 0 Å². The lowest BCUT2D eigenvalue weighted by Gasteiger charge is -2.25. The van der Waals surface area contributed by atoms with E-state index < -0.39 is 12.5 Å². The molecule has 1 unspecified atom stereocenters. The SMILES string of the molecule is CCCC(F)OC(=O)NCCCC1=C(OC)Cc2ccc(OC)c(OC)c2C1. The molecule has 0 spiro atoms. The van der Waals surface area contributed by atoms with Gasteiger partial charge in [-0.2, -0.15) is 0 Å².